The molecule has 1 fully saturated rings. The summed E-state index contributed by atoms with van der Waals surface area (Å²) >= 11 is 0. The van der Waals surface area contributed by atoms with E-state index >= 15 is 0 Å². The molecular formula is C17H26N2O3S. The largest absolute Gasteiger partial charge is 0.352 e. The summed E-state index contributed by atoms with van der Waals surface area (Å²) in [6, 6.07) is 5.73. The van der Waals surface area contributed by atoms with Gasteiger partial charge < -0.3 is 5.32 Å². The number of rotatable bonds is 5. The summed E-state index contributed by atoms with van der Waals surface area (Å²) < 4.78 is 26.8. The summed E-state index contributed by atoms with van der Waals surface area (Å²) in [5, 5.41) is 2.81. The highest BCUT2D eigenvalue weighted by Crippen LogP contribution is 2.28. The van der Waals surface area contributed by atoms with Crippen molar-refractivity contribution in [3.05, 3.63) is 29.3 Å². The van der Waals surface area contributed by atoms with Gasteiger partial charge in [0.1, 0.15) is 0 Å². The zero-order valence-corrected chi connectivity index (χ0v) is 15.3. The summed E-state index contributed by atoms with van der Waals surface area (Å²) in [5.74, 6) is -0.247. The Balaban J connectivity index is 2.25. The van der Waals surface area contributed by atoms with Gasteiger partial charge in [0.2, 0.25) is 15.9 Å². The van der Waals surface area contributed by atoms with Crippen molar-refractivity contribution in [2.45, 2.75) is 56.9 Å². The molecule has 0 heterocycles. The minimum absolute atomic E-state index is 0.139. The monoisotopic (exact) mass is 338 g/mol. The summed E-state index contributed by atoms with van der Waals surface area (Å²) in [6.45, 7) is 7.75. The van der Waals surface area contributed by atoms with Crippen LogP contribution in [0, 0.1) is 6.92 Å². The predicted molar refractivity (Wildman–Crippen MR) is 90.9 cm³/mol. The van der Waals surface area contributed by atoms with Crippen molar-refractivity contribution in [1.29, 1.82) is 0 Å². The number of hydrogen-bond donors (Lipinski definition) is 1. The van der Waals surface area contributed by atoms with Crippen LogP contribution in [-0.4, -0.2) is 38.3 Å². The molecule has 0 aromatic heterocycles. The summed E-state index contributed by atoms with van der Waals surface area (Å²) in [4.78, 5) is 12.1. The summed E-state index contributed by atoms with van der Waals surface area (Å²) in [6.07, 6.45) is 1.96. The van der Waals surface area contributed by atoms with Gasteiger partial charge in [0.05, 0.1) is 11.4 Å². The third-order valence-corrected chi connectivity index (χ3v) is 6.00. The number of hydrogen-bond acceptors (Lipinski definition) is 3. The molecule has 1 aromatic rings. The molecule has 0 radical (unpaired) electrons. The Morgan fingerprint density at radius 1 is 1.30 bits per heavy atom. The van der Waals surface area contributed by atoms with Crippen LogP contribution in [0.3, 0.4) is 0 Å². The summed E-state index contributed by atoms with van der Waals surface area (Å²) in [7, 11) is -2.24. The van der Waals surface area contributed by atoms with Crippen LogP contribution in [0.2, 0.25) is 0 Å². The number of sulfonamides is 1. The van der Waals surface area contributed by atoms with E-state index in [1.165, 1.54) is 7.05 Å². The minimum Gasteiger partial charge on any atom is -0.352 e. The molecule has 2 rings (SSSR count). The van der Waals surface area contributed by atoms with Gasteiger partial charge >= 0.3 is 0 Å². The van der Waals surface area contributed by atoms with Crippen LogP contribution in [-0.2, 0) is 20.2 Å². The number of nitrogens with zero attached hydrogens (tertiary/aromatic N) is 1. The fraction of sp³-hybridized carbons (Fsp3) is 0.588. The molecule has 6 heteroatoms. The number of aryl methyl sites for hydroxylation is 1. The number of carbonyl (C=O) groups excluding carboxylic acids is 1. The predicted octanol–water partition coefficient (Wildman–Crippen LogP) is 2.19. The quantitative estimate of drug-likeness (QED) is 0.895. The number of amides is 1. The van der Waals surface area contributed by atoms with Gasteiger partial charge in [0.25, 0.3) is 0 Å². The van der Waals surface area contributed by atoms with Crippen molar-refractivity contribution in [2.24, 2.45) is 0 Å². The fourth-order valence-corrected chi connectivity index (χ4v) is 3.67. The van der Waals surface area contributed by atoms with Gasteiger partial charge in [-0.15, -0.1) is 0 Å². The van der Waals surface area contributed by atoms with Crippen LogP contribution in [0.25, 0.3) is 0 Å². The van der Waals surface area contributed by atoms with E-state index in [9.17, 15) is 13.2 Å². The number of benzene rings is 1. The molecule has 1 aliphatic carbocycles. The van der Waals surface area contributed by atoms with E-state index in [1.54, 1.807) is 13.0 Å². The lowest BCUT2D eigenvalue weighted by Gasteiger charge is -2.23. The Kier molecular flexibility index (Phi) is 4.87. The second kappa shape index (κ2) is 6.24. The highest BCUT2D eigenvalue weighted by Gasteiger charge is 2.29. The molecule has 0 bridgehead atoms. The Morgan fingerprint density at radius 2 is 1.91 bits per heavy atom. The van der Waals surface area contributed by atoms with Crippen molar-refractivity contribution in [1.82, 2.24) is 9.62 Å². The average Bonchev–Trinajstić information content (AvgIpc) is 3.21. The van der Waals surface area contributed by atoms with Gasteiger partial charge in [0, 0.05) is 13.1 Å². The van der Waals surface area contributed by atoms with Crippen LogP contribution in [0.4, 0.5) is 0 Å². The summed E-state index contributed by atoms with van der Waals surface area (Å²) in [5.41, 5.74) is 1.50. The van der Waals surface area contributed by atoms with E-state index in [1.807, 2.05) is 32.9 Å². The highest BCUT2D eigenvalue weighted by atomic mass is 32.2. The Morgan fingerprint density at radius 3 is 2.43 bits per heavy atom. The third kappa shape index (κ3) is 4.32. The average molecular weight is 338 g/mol. The van der Waals surface area contributed by atoms with Crippen molar-refractivity contribution < 1.29 is 13.2 Å². The lowest BCUT2D eigenvalue weighted by molar-refractivity contribution is -0.121. The second-order valence-electron chi connectivity index (χ2n) is 7.33. The van der Waals surface area contributed by atoms with Gasteiger partial charge in [0.15, 0.2) is 0 Å². The number of carbonyl (C=O) groups is 1. The molecule has 0 aliphatic heterocycles. The lowest BCUT2D eigenvalue weighted by atomic mass is 9.87. The van der Waals surface area contributed by atoms with Crippen molar-refractivity contribution >= 4 is 15.9 Å². The zero-order valence-electron chi connectivity index (χ0n) is 14.5. The molecule has 128 valence electrons. The molecule has 0 atom stereocenters. The van der Waals surface area contributed by atoms with Crippen molar-refractivity contribution in [3.63, 3.8) is 0 Å². The first kappa shape index (κ1) is 17.9. The first-order valence-electron chi connectivity index (χ1n) is 7.88. The maximum atomic E-state index is 12.8. The molecule has 1 saturated carbocycles. The van der Waals surface area contributed by atoms with Crippen LogP contribution in [0.5, 0.6) is 0 Å². The van der Waals surface area contributed by atoms with Gasteiger partial charge in [-0.05, 0) is 42.4 Å². The van der Waals surface area contributed by atoms with E-state index in [2.05, 4.69) is 5.32 Å². The molecule has 0 spiro atoms. The minimum atomic E-state index is -3.69. The Labute approximate surface area is 139 Å². The molecule has 0 saturated heterocycles. The molecule has 1 aromatic carbocycles. The molecule has 0 unspecified atom stereocenters. The normalized spacial score (nSPS) is 15.7. The van der Waals surface area contributed by atoms with E-state index < -0.39 is 10.0 Å². The maximum absolute atomic E-state index is 12.8. The molecule has 1 aliphatic rings. The van der Waals surface area contributed by atoms with Crippen LogP contribution >= 0.6 is 0 Å². The SMILES string of the molecule is Cc1ccc(C(C)(C)C)cc1S(=O)(=O)N(C)CC(=O)NC1CC1. The van der Waals surface area contributed by atoms with E-state index in [0.717, 1.165) is 22.7 Å². The van der Waals surface area contributed by atoms with Crippen LogP contribution in [0.15, 0.2) is 23.1 Å². The molecule has 5 nitrogen and oxygen atoms in total. The van der Waals surface area contributed by atoms with Crippen molar-refractivity contribution in [3.8, 4) is 0 Å². The Hall–Kier alpha value is -1.40. The smallest absolute Gasteiger partial charge is 0.243 e. The maximum Gasteiger partial charge on any atom is 0.243 e. The topological polar surface area (TPSA) is 66.5 Å². The standard InChI is InChI=1S/C17H26N2O3S/c1-12-6-7-13(17(2,3)4)10-15(12)23(21,22)19(5)11-16(20)18-14-8-9-14/h6-7,10,14H,8-9,11H2,1-5H3,(H,18,20). The van der Waals surface area contributed by atoms with E-state index in [0.29, 0.717) is 5.56 Å². The van der Waals surface area contributed by atoms with Crippen molar-refractivity contribution in [2.75, 3.05) is 13.6 Å². The molecular weight excluding hydrogens is 312 g/mol. The second-order valence-corrected chi connectivity index (χ2v) is 9.35. The zero-order chi connectivity index (χ0) is 17.4. The van der Waals surface area contributed by atoms with E-state index in [-0.39, 0.29) is 28.8 Å². The van der Waals surface area contributed by atoms with E-state index in [4.69, 9.17) is 0 Å². The van der Waals surface area contributed by atoms with Crippen LogP contribution < -0.4 is 5.32 Å². The van der Waals surface area contributed by atoms with Gasteiger partial charge in [-0.3, -0.25) is 4.79 Å². The lowest BCUT2D eigenvalue weighted by Crippen LogP contribution is -2.39. The first-order valence-corrected chi connectivity index (χ1v) is 9.32. The van der Waals surface area contributed by atoms with Gasteiger partial charge in [-0.25, -0.2) is 8.42 Å². The first-order chi connectivity index (χ1) is 10.5. The van der Waals surface area contributed by atoms with Crippen LogP contribution in [0.1, 0.15) is 44.7 Å². The van der Waals surface area contributed by atoms with Gasteiger partial charge in [-0.2, -0.15) is 4.31 Å². The third-order valence-electron chi connectivity index (χ3n) is 4.05. The number of likely N-dealkylation sites (N-methyl/N-ethyl adjacent to an activating group) is 1. The molecule has 23 heavy (non-hydrogen) atoms. The molecule has 1 N–H and O–H groups in total. The number of nitrogens with one attached hydrogen (secondary N) is 1. The van der Waals surface area contributed by atoms with Gasteiger partial charge in [-0.1, -0.05) is 32.9 Å². The molecule has 1 amide bonds. The Bertz CT molecular complexity index is 701. The fourth-order valence-electron chi connectivity index (χ4n) is 2.30. The highest BCUT2D eigenvalue weighted by molar-refractivity contribution is 7.89.